The van der Waals surface area contributed by atoms with E-state index in [1.807, 2.05) is 17.0 Å². The number of aliphatic hydroxyl groups is 1. The number of fused-ring (bicyclic) bond motifs is 1. The molecule has 0 spiro atoms. The van der Waals surface area contributed by atoms with Crippen LogP contribution in [0.15, 0.2) is 18.2 Å². The molecule has 2 N–H and O–H groups in total. The third kappa shape index (κ3) is 2.83. The van der Waals surface area contributed by atoms with E-state index in [0.29, 0.717) is 44.5 Å². The van der Waals surface area contributed by atoms with E-state index in [1.54, 1.807) is 13.2 Å². The van der Waals surface area contributed by atoms with Crippen molar-refractivity contribution >= 4 is 5.91 Å². The lowest BCUT2D eigenvalue weighted by Gasteiger charge is -2.36. The molecule has 0 unspecified atom stereocenters. The number of aromatic hydroxyl groups is 1. The number of rotatable bonds is 2. The molecule has 120 valence electrons. The smallest absolute Gasteiger partial charge is 0.226 e. The molecule has 1 aliphatic heterocycles. The van der Waals surface area contributed by atoms with Gasteiger partial charge >= 0.3 is 0 Å². The Balaban J connectivity index is 1.69. The van der Waals surface area contributed by atoms with E-state index in [4.69, 9.17) is 4.74 Å². The van der Waals surface area contributed by atoms with E-state index in [1.165, 1.54) is 0 Å². The van der Waals surface area contributed by atoms with Gasteiger partial charge in [0.1, 0.15) is 5.75 Å². The minimum absolute atomic E-state index is 0.0767. The minimum Gasteiger partial charge on any atom is -0.508 e. The first kappa shape index (κ1) is 15.3. The third-order valence-corrected chi connectivity index (χ3v) is 4.96. The molecule has 1 saturated carbocycles. The standard InChI is InChI=1S/C17H23NO4/c1-22-16-9-11(5-6-15(16)20)17(21)18-8-7-13-12(10-18)3-2-4-14(13)19/h2-4,11,15-16,19-20H,5-10H2,1H3/t11-,15+,16-/m1/s1. The SMILES string of the molecule is CO[C@@H]1C[C@H](C(=O)N2CCc3c(O)cccc3C2)CC[C@@H]1O. The van der Waals surface area contributed by atoms with Crippen LogP contribution in [0.2, 0.25) is 0 Å². The molecule has 0 saturated heterocycles. The Kier molecular flexibility index (Phi) is 4.36. The van der Waals surface area contributed by atoms with Gasteiger partial charge in [-0.05, 0) is 37.3 Å². The number of hydrogen-bond acceptors (Lipinski definition) is 4. The molecular formula is C17H23NO4. The number of benzene rings is 1. The van der Waals surface area contributed by atoms with Gasteiger partial charge in [0.05, 0.1) is 12.2 Å². The van der Waals surface area contributed by atoms with Gasteiger partial charge < -0.3 is 19.8 Å². The summed E-state index contributed by atoms with van der Waals surface area (Å²) in [7, 11) is 1.58. The van der Waals surface area contributed by atoms with Crippen molar-refractivity contribution in [3.63, 3.8) is 0 Å². The summed E-state index contributed by atoms with van der Waals surface area (Å²) in [4.78, 5) is 14.6. The molecule has 0 bridgehead atoms. The summed E-state index contributed by atoms with van der Waals surface area (Å²) in [5.74, 6) is 0.389. The molecule has 1 aromatic carbocycles. The fourth-order valence-corrected chi connectivity index (χ4v) is 3.63. The largest absolute Gasteiger partial charge is 0.508 e. The van der Waals surface area contributed by atoms with Crippen LogP contribution in [0.25, 0.3) is 0 Å². The quantitative estimate of drug-likeness (QED) is 0.868. The van der Waals surface area contributed by atoms with Gasteiger partial charge in [-0.3, -0.25) is 4.79 Å². The Morgan fingerprint density at radius 3 is 2.95 bits per heavy atom. The topological polar surface area (TPSA) is 70.0 Å². The van der Waals surface area contributed by atoms with E-state index >= 15 is 0 Å². The highest BCUT2D eigenvalue weighted by Crippen LogP contribution is 2.31. The fraction of sp³-hybridized carbons (Fsp3) is 0.588. The van der Waals surface area contributed by atoms with Crippen molar-refractivity contribution in [1.29, 1.82) is 0 Å². The fourth-order valence-electron chi connectivity index (χ4n) is 3.63. The summed E-state index contributed by atoms with van der Waals surface area (Å²) in [6, 6.07) is 5.49. The number of carbonyl (C=O) groups is 1. The number of aliphatic hydroxyl groups excluding tert-OH is 1. The first-order valence-corrected chi connectivity index (χ1v) is 7.89. The monoisotopic (exact) mass is 305 g/mol. The highest BCUT2D eigenvalue weighted by Gasteiger charge is 2.35. The van der Waals surface area contributed by atoms with Crippen LogP contribution < -0.4 is 0 Å². The number of hydrogen-bond donors (Lipinski definition) is 2. The van der Waals surface area contributed by atoms with Crippen LogP contribution in [0.5, 0.6) is 5.75 Å². The number of carbonyl (C=O) groups excluding carboxylic acids is 1. The lowest BCUT2D eigenvalue weighted by molar-refractivity contribution is -0.141. The summed E-state index contributed by atoms with van der Waals surface area (Å²) in [6.45, 7) is 1.19. The molecule has 1 amide bonds. The summed E-state index contributed by atoms with van der Waals surface area (Å²) in [5.41, 5.74) is 1.99. The van der Waals surface area contributed by atoms with Gasteiger partial charge in [-0.2, -0.15) is 0 Å². The highest BCUT2D eigenvalue weighted by molar-refractivity contribution is 5.79. The van der Waals surface area contributed by atoms with Crippen LogP contribution >= 0.6 is 0 Å². The molecule has 1 aliphatic carbocycles. The molecule has 5 heteroatoms. The second-order valence-electron chi connectivity index (χ2n) is 6.28. The van der Waals surface area contributed by atoms with Crippen LogP contribution in [-0.4, -0.2) is 46.9 Å². The van der Waals surface area contributed by atoms with Crippen molar-refractivity contribution < 1.29 is 19.7 Å². The van der Waals surface area contributed by atoms with E-state index in [-0.39, 0.29) is 17.9 Å². The van der Waals surface area contributed by atoms with Crippen LogP contribution in [-0.2, 0) is 22.5 Å². The lowest BCUT2D eigenvalue weighted by Crippen LogP contribution is -2.44. The average molecular weight is 305 g/mol. The predicted molar refractivity (Wildman–Crippen MR) is 81.4 cm³/mol. The van der Waals surface area contributed by atoms with Crippen molar-refractivity contribution in [2.24, 2.45) is 5.92 Å². The van der Waals surface area contributed by atoms with Crippen LogP contribution in [0, 0.1) is 5.92 Å². The molecule has 2 aliphatic rings. The Morgan fingerprint density at radius 2 is 2.18 bits per heavy atom. The number of phenols is 1. The molecule has 0 aromatic heterocycles. The molecule has 5 nitrogen and oxygen atoms in total. The molecular weight excluding hydrogens is 282 g/mol. The van der Waals surface area contributed by atoms with Crippen LogP contribution in [0.4, 0.5) is 0 Å². The Hall–Kier alpha value is -1.59. The van der Waals surface area contributed by atoms with Crippen molar-refractivity contribution in [2.45, 2.75) is 44.4 Å². The van der Waals surface area contributed by atoms with Crippen molar-refractivity contribution in [3.8, 4) is 5.75 Å². The first-order chi connectivity index (χ1) is 10.6. The van der Waals surface area contributed by atoms with E-state index in [0.717, 1.165) is 11.1 Å². The number of ether oxygens (including phenoxy) is 1. The number of nitrogens with zero attached hydrogens (tertiary/aromatic N) is 1. The lowest BCUT2D eigenvalue weighted by atomic mass is 9.84. The minimum atomic E-state index is -0.465. The summed E-state index contributed by atoms with van der Waals surface area (Å²) >= 11 is 0. The first-order valence-electron chi connectivity index (χ1n) is 7.89. The molecule has 1 heterocycles. The molecule has 1 fully saturated rings. The molecule has 0 radical (unpaired) electrons. The zero-order valence-electron chi connectivity index (χ0n) is 12.9. The van der Waals surface area contributed by atoms with Gasteiger partial charge in [0.2, 0.25) is 5.91 Å². The molecule has 3 rings (SSSR count). The number of methoxy groups -OCH3 is 1. The van der Waals surface area contributed by atoms with Gasteiger partial charge in [-0.15, -0.1) is 0 Å². The van der Waals surface area contributed by atoms with Gasteiger partial charge in [-0.25, -0.2) is 0 Å². The van der Waals surface area contributed by atoms with Crippen LogP contribution in [0.3, 0.4) is 0 Å². The summed E-state index contributed by atoms with van der Waals surface area (Å²) in [5, 5.41) is 19.7. The Morgan fingerprint density at radius 1 is 1.36 bits per heavy atom. The van der Waals surface area contributed by atoms with Gasteiger partial charge in [0.25, 0.3) is 0 Å². The number of phenolic OH excluding ortho intramolecular Hbond substituents is 1. The second-order valence-corrected chi connectivity index (χ2v) is 6.28. The number of amides is 1. The normalized spacial score (nSPS) is 28.3. The van der Waals surface area contributed by atoms with Crippen LogP contribution in [0.1, 0.15) is 30.4 Å². The second kappa shape index (κ2) is 6.26. The Bertz CT molecular complexity index is 560. The molecule has 22 heavy (non-hydrogen) atoms. The van der Waals surface area contributed by atoms with E-state index in [2.05, 4.69) is 0 Å². The van der Waals surface area contributed by atoms with Gasteiger partial charge in [0, 0.05) is 31.7 Å². The summed E-state index contributed by atoms with van der Waals surface area (Å²) in [6.07, 6.45) is 1.89. The van der Waals surface area contributed by atoms with Crippen molar-refractivity contribution in [1.82, 2.24) is 4.90 Å². The van der Waals surface area contributed by atoms with Gasteiger partial charge in [0.15, 0.2) is 0 Å². The predicted octanol–water partition coefficient (Wildman–Crippen LogP) is 1.45. The highest BCUT2D eigenvalue weighted by atomic mass is 16.5. The maximum Gasteiger partial charge on any atom is 0.226 e. The third-order valence-electron chi connectivity index (χ3n) is 4.96. The Labute approximate surface area is 130 Å². The van der Waals surface area contributed by atoms with Gasteiger partial charge in [-0.1, -0.05) is 12.1 Å². The molecule has 1 aromatic rings. The average Bonchev–Trinajstić information content (AvgIpc) is 2.54. The van der Waals surface area contributed by atoms with Crippen molar-refractivity contribution in [3.05, 3.63) is 29.3 Å². The van der Waals surface area contributed by atoms with E-state index in [9.17, 15) is 15.0 Å². The summed E-state index contributed by atoms with van der Waals surface area (Å²) < 4.78 is 5.29. The zero-order chi connectivity index (χ0) is 15.7. The molecule has 3 atom stereocenters. The maximum absolute atomic E-state index is 12.7. The van der Waals surface area contributed by atoms with E-state index < -0.39 is 6.10 Å². The zero-order valence-corrected chi connectivity index (χ0v) is 12.9. The van der Waals surface area contributed by atoms with Crippen molar-refractivity contribution in [2.75, 3.05) is 13.7 Å². The maximum atomic E-state index is 12.7.